The number of aliphatic hydroxyl groups excluding tert-OH is 2. The Morgan fingerprint density at radius 2 is 2.00 bits per heavy atom. The summed E-state index contributed by atoms with van der Waals surface area (Å²) in [4.78, 5) is 22.7. The van der Waals surface area contributed by atoms with Crippen molar-refractivity contribution in [2.45, 2.75) is 29.9 Å². The first-order valence-electron chi connectivity index (χ1n) is 5.21. The Labute approximate surface area is 101 Å². The molecule has 4 N–H and O–H groups in total. The van der Waals surface area contributed by atoms with Crippen molar-refractivity contribution in [3.8, 4) is 0 Å². The number of imide groups is 1. The van der Waals surface area contributed by atoms with E-state index in [1.807, 2.05) is 5.32 Å². The predicted molar refractivity (Wildman–Crippen MR) is 54.7 cm³/mol. The smallest absolute Gasteiger partial charge is 0.324 e. The molecule has 0 aliphatic carbocycles. The Balaban J connectivity index is 1.90. The van der Waals surface area contributed by atoms with Crippen LogP contribution in [0, 0.1) is 0 Å². The average Bonchev–Trinajstić information content (AvgIpc) is 2.69. The molecule has 1 spiro atoms. The van der Waals surface area contributed by atoms with Crippen LogP contribution < -0.4 is 10.6 Å². The van der Waals surface area contributed by atoms with E-state index in [2.05, 4.69) is 5.32 Å². The van der Waals surface area contributed by atoms with Crippen molar-refractivity contribution in [1.82, 2.24) is 10.6 Å². The summed E-state index contributed by atoms with van der Waals surface area (Å²) in [7, 11) is -2.84. The summed E-state index contributed by atoms with van der Waals surface area (Å²) in [6.07, 6.45) is -4.26. The second-order valence-corrected chi connectivity index (χ2v) is 7.10. The molecule has 3 aliphatic heterocycles. The average molecular weight is 278 g/mol. The first kappa shape index (κ1) is 12.1. The van der Waals surface area contributed by atoms with E-state index in [9.17, 15) is 24.4 Å². The van der Waals surface area contributed by atoms with Gasteiger partial charge in [-0.2, -0.15) is 0 Å². The SMILES string of the molecule is CP1(=O)OC1[C@@H]1O[C@@]2(NC(=O)NC2=O)[C@H](O)[C@@H]1O. The van der Waals surface area contributed by atoms with E-state index in [1.54, 1.807) is 0 Å². The van der Waals surface area contributed by atoms with Crippen LogP contribution in [0.5, 0.6) is 0 Å². The van der Waals surface area contributed by atoms with Crippen LogP contribution in [0.3, 0.4) is 0 Å². The first-order valence-corrected chi connectivity index (χ1v) is 7.35. The van der Waals surface area contributed by atoms with E-state index in [4.69, 9.17) is 9.26 Å². The standard InChI is InChI=1S/C8H11N2O7P/c1-18(15)5(17-18)3-2(11)4(12)8(16-3)6(13)9-7(14)10-8/h2-5,11-12H,1H3,(H2,9,10,13,14)/t2-,3-,4-,5?,8+,18?/m1/s1. The largest absolute Gasteiger partial charge is 0.387 e. The number of aliphatic hydroxyl groups is 2. The number of carbonyl (C=O) groups excluding carboxylic acids is 2. The van der Waals surface area contributed by atoms with E-state index in [-0.39, 0.29) is 0 Å². The highest BCUT2D eigenvalue weighted by molar-refractivity contribution is 7.64. The van der Waals surface area contributed by atoms with Gasteiger partial charge in [-0.05, 0) is 0 Å². The molecule has 0 radical (unpaired) electrons. The number of rotatable bonds is 1. The Morgan fingerprint density at radius 1 is 1.39 bits per heavy atom. The molecule has 0 aromatic rings. The Hall–Kier alpha value is -0.990. The minimum Gasteiger partial charge on any atom is -0.387 e. The number of amides is 3. The van der Waals surface area contributed by atoms with Gasteiger partial charge < -0.3 is 19.5 Å². The molecule has 0 aromatic heterocycles. The van der Waals surface area contributed by atoms with Gasteiger partial charge in [-0.15, -0.1) is 0 Å². The molecule has 3 fully saturated rings. The topological polar surface area (TPSA) is 137 Å². The molecule has 0 aromatic carbocycles. The summed E-state index contributed by atoms with van der Waals surface area (Å²) in [5.41, 5.74) is -2.03. The van der Waals surface area contributed by atoms with Crippen LogP contribution in [-0.2, 0) is 18.6 Å². The molecule has 3 aliphatic rings. The summed E-state index contributed by atoms with van der Waals surface area (Å²) < 4.78 is 21.7. The molecule has 3 amide bonds. The molecule has 3 saturated heterocycles. The fourth-order valence-corrected chi connectivity index (χ4v) is 3.92. The van der Waals surface area contributed by atoms with E-state index in [0.717, 1.165) is 0 Å². The lowest BCUT2D eigenvalue weighted by Gasteiger charge is -2.22. The Morgan fingerprint density at radius 3 is 2.44 bits per heavy atom. The summed E-state index contributed by atoms with van der Waals surface area (Å²) in [6, 6.07) is -0.830. The van der Waals surface area contributed by atoms with Crippen molar-refractivity contribution in [2.24, 2.45) is 0 Å². The first-order chi connectivity index (χ1) is 8.28. The van der Waals surface area contributed by atoms with E-state index < -0.39 is 49.2 Å². The normalized spacial score (nSPS) is 54.6. The second-order valence-electron chi connectivity index (χ2n) is 4.57. The highest BCUT2D eigenvalue weighted by Gasteiger charge is 2.69. The number of carbonyl (C=O) groups is 2. The van der Waals surface area contributed by atoms with Gasteiger partial charge in [0, 0.05) is 6.66 Å². The molecule has 0 bridgehead atoms. The molecular formula is C8H11N2O7P. The fraction of sp³-hybridized carbons (Fsp3) is 0.750. The summed E-state index contributed by atoms with van der Waals surface area (Å²) in [5.74, 6) is -1.76. The van der Waals surface area contributed by atoms with Gasteiger partial charge >= 0.3 is 6.03 Å². The zero-order valence-electron chi connectivity index (χ0n) is 9.19. The second kappa shape index (κ2) is 3.31. The molecular weight excluding hydrogens is 267 g/mol. The Bertz CT molecular complexity index is 496. The lowest BCUT2D eigenvalue weighted by molar-refractivity contribution is -0.152. The molecule has 0 saturated carbocycles. The van der Waals surface area contributed by atoms with E-state index in [0.29, 0.717) is 0 Å². The van der Waals surface area contributed by atoms with Crippen LogP contribution in [0.1, 0.15) is 0 Å². The summed E-state index contributed by atoms with van der Waals surface area (Å²) >= 11 is 0. The number of nitrogens with one attached hydrogen (secondary N) is 2. The maximum Gasteiger partial charge on any atom is 0.324 e. The molecule has 6 atom stereocenters. The van der Waals surface area contributed by atoms with Crippen LogP contribution >= 0.6 is 7.37 Å². The van der Waals surface area contributed by atoms with Crippen LogP contribution in [0.2, 0.25) is 0 Å². The van der Waals surface area contributed by atoms with Gasteiger partial charge in [0.15, 0.2) is 5.85 Å². The van der Waals surface area contributed by atoms with Crippen molar-refractivity contribution in [1.29, 1.82) is 0 Å². The molecule has 2 unspecified atom stereocenters. The molecule has 10 heteroatoms. The van der Waals surface area contributed by atoms with Crippen LogP contribution in [0.25, 0.3) is 0 Å². The van der Waals surface area contributed by atoms with Crippen molar-refractivity contribution >= 4 is 19.3 Å². The fourth-order valence-electron chi connectivity index (χ4n) is 2.26. The van der Waals surface area contributed by atoms with E-state index in [1.165, 1.54) is 6.66 Å². The molecule has 3 heterocycles. The molecule has 3 rings (SSSR count). The van der Waals surface area contributed by atoms with Crippen LogP contribution in [0.4, 0.5) is 4.79 Å². The highest BCUT2D eigenvalue weighted by Crippen LogP contribution is 2.69. The highest BCUT2D eigenvalue weighted by atomic mass is 31.2. The number of ether oxygens (including phenoxy) is 1. The van der Waals surface area contributed by atoms with Gasteiger partial charge in [0.2, 0.25) is 7.37 Å². The minimum atomic E-state index is -2.84. The third kappa shape index (κ3) is 1.39. The molecule has 9 nitrogen and oxygen atoms in total. The number of urea groups is 1. The quantitative estimate of drug-likeness (QED) is 0.245. The molecule has 18 heavy (non-hydrogen) atoms. The van der Waals surface area contributed by atoms with Crippen LogP contribution in [-0.4, -0.2) is 58.7 Å². The summed E-state index contributed by atoms with van der Waals surface area (Å²) in [5, 5.41) is 23.7. The van der Waals surface area contributed by atoms with Crippen LogP contribution in [0.15, 0.2) is 0 Å². The maximum atomic E-state index is 11.6. The Kier molecular flexibility index (Phi) is 2.22. The number of hydrogen-bond donors (Lipinski definition) is 4. The number of hydrogen-bond acceptors (Lipinski definition) is 7. The van der Waals surface area contributed by atoms with Gasteiger partial charge in [0.05, 0.1) is 0 Å². The van der Waals surface area contributed by atoms with Gasteiger partial charge in [-0.1, -0.05) is 0 Å². The lowest BCUT2D eigenvalue weighted by atomic mass is 10.0. The van der Waals surface area contributed by atoms with Crippen molar-refractivity contribution in [3.63, 3.8) is 0 Å². The third-order valence-corrected chi connectivity index (χ3v) is 5.04. The zero-order valence-corrected chi connectivity index (χ0v) is 10.1. The predicted octanol–water partition coefficient (Wildman–Crippen LogP) is -2.09. The molecule has 100 valence electrons. The van der Waals surface area contributed by atoms with Crippen molar-refractivity contribution < 1.29 is 33.6 Å². The van der Waals surface area contributed by atoms with Crippen molar-refractivity contribution in [3.05, 3.63) is 0 Å². The lowest BCUT2D eigenvalue weighted by Crippen LogP contribution is -2.56. The van der Waals surface area contributed by atoms with Gasteiger partial charge in [-0.25, -0.2) is 4.79 Å². The van der Waals surface area contributed by atoms with Gasteiger partial charge in [0.1, 0.15) is 18.3 Å². The van der Waals surface area contributed by atoms with Gasteiger partial charge in [0.25, 0.3) is 11.6 Å². The summed E-state index contributed by atoms with van der Waals surface area (Å²) in [6.45, 7) is 1.36. The zero-order chi connectivity index (χ0) is 13.3. The van der Waals surface area contributed by atoms with Gasteiger partial charge in [-0.3, -0.25) is 20.0 Å². The maximum absolute atomic E-state index is 11.6. The van der Waals surface area contributed by atoms with Crippen molar-refractivity contribution in [2.75, 3.05) is 6.66 Å². The van der Waals surface area contributed by atoms with E-state index >= 15 is 0 Å². The third-order valence-electron chi connectivity index (χ3n) is 3.28. The monoisotopic (exact) mass is 278 g/mol. The minimum absolute atomic E-state index is 0.830.